The molecule has 2 aromatic carbocycles. The number of ether oxygens (including phenoxy) is 3. The highest BCUT2D eigenvalue weighted by atomic mass is 16.5. The molecule has 33 heavy (non-hydrogen) atoms. The molecule has 4 rings (SSSR count). The summed E-state index contributed by atoms with van der Waals surface area (Å²) in [4.78, 5) is 41.5. The Balaban J connectivity index is 1.58. The topological polar surface area (TPSA) is 106 Å². The van der Waals surface area contributed by atoms with Crippen molar-refractivity contribution in [2.75, 3.05) is 33.9 Å². The minimum Gasteiger partial charge on any atom is -0.496 e. The summed E-state index contributed by atoms with van der Waals surface area (Å²) in [5.41, 5.74) is -0.366. The van der Waals surface area contributed by atoms with Crippen molar-refractivity contribution >= 4 is 17.8 Å². The molecule has 2 amide bonds. The first kappa shape index (κ1) is 22.6. The fourth-order valence-electron chi connectivity index (χ4n) is 4.55. The van der Waals surface area contributed by atoms with Crippen LogP contribution in [0.3, 0.4) is 0 Å². The zero-order chi connectivity index (χ0) is 23.6. The average Bonchev–Trinajstić information content (AvgIpc) is 3.22. The van der Waals surface area contributed by atoms with Gasteiger partial charge in [0, 0.05) is 31.5 Å². The van der Waals surface area contributed by atoms with E-state index in [4.69, 9.17) is 14.2 Å². The van der Waals surface area contributed by atoms with Gasteiger partial charge in [-0.2, -0.15) is 0 Å². The third kappa shape index (κ3) is 4.00. The number of piperidine rings is 1. The Kier molecular flexibility index (Phi) is 6.24. The summed E-state index contributed by atoms with van der Waals surface area (Å²) < 4.78 is 16.7. The van der Waals surface area contributed by atoms with E-state index in [2.05, 4.69) is 0 Å². The van der Waals surface area contributed by atoms with Crippen molar-refractivity contribution < 1.29 is 33.7 Å². The Morgan fingerprint density at radius 1 is 0.939 bits per heavy atom. The van der Waals surface area contributed by atoms with Crippen LogP contribution in [0.1, 0.15) is 33.6 Å². The Morgan fingerprint density at radius 3 is 2.09 bits per heavy atom. The maximum Gasteiger partial charge on any atom is 0.328 e. The largest absolute Gasteiger partial charge is 0.496 e. The van der Waals surface area contributed by atoms with Crippen LogP contribution in [0.5, 0.6) is 11.5 Å². The Bertz CT molecular complexity index is 1030. The number of nitrogens with zero attached hydrogens (tertiary/aromatic N) is 2. The van der Waals surface area contributed by atoms with E-state index in [1.165, 1.54) is 19.1 Å². The summed E-state index contributed by atoms with van der Waals surface area (Å²) >= 11 is 0. The van der Waals surface area contributed by atoms with Crippen LogP contribution >= 0.6 is 0 Å². The zero-order valence-corrected chi connectivity index (χ0v) is 18.5. The van der Waals surface area contributed by atoms with Crippen molar-refractivity contribution in [2.45, 2.75) is 24.6 Å². The van der Waals surface area contributed by atoms with E-state index in [1.807, 2.05) is 0 Å². The quantitative estimate of drug-likeness (QED) is 0.739. The highest BCUT2D eigenvalue weighted by Crippen LogP contribution is 2.39. The first-order valence-corrected chi connectivity index (χ1v) is 10.7. The molecule has 1 atom stereocenters. The predicted molar refractivity (Wildman–Crippen MR) is 117 cm³/mol. The third-order valence-electron chi connectivity index (χ3n) is 6.26. The van der Waals surface area contributed by atoms with Gasteiger partial charge in [0.15, 0.2) is 6.04 Å². The highest BCUT2D eigenvalue weighted by Gasteiger charge is 2.54. The summed E-state index contributed by atoms with van der Waals surface area (Å²) in [5.74, 6) is -0.958. The van der Waals surface area contributed by atoms with Crippen LogP contribution in [0.4, 0.5) is 0 Å². The van der Waals surface area contributed by atoms with Crippen molar-refractivity contribution in [3.05, 3.63) is 59.7 Å². The summed E-state index contributed by atoms with van der Waals surface area (Å²) in [6.07, 6.45) is 0.580. The fraction of sp³-hybridized carbons (Fsp3) is 0.375. The maximum atomic E-state index is 13.3. The van der Waals surface area contributed by atoms with Crippen molar-refractivity contribution in [3.8, 4) is 11.5 Å². The molecule has 0 radical (unpaired) electrons. The molecule has 174 valence electrons. The van der Waals surface area contributed by atoms with E-state index < -0.39 is 23.6 Å². The number of carboxylic acids is 1. The second-order valence-electron chi connectivity index (χ2n) is 7.98. The summed E-state index contributed by atoms with van der Waals surface area (Å²) in [6, 6.07) is 12.6. The van der Waals surface area contributed by atoms with E-state index in [1.54, 1.807) is 53.4 Å². The lowest BCUT2D eigenvalue weighted by atomic mass is 9.96. The number of rotatable bonds is 5. The van der Waals surface area contributed by atoms with Crippen LogP contribution in [0.2, 0.25) is 0 Å². The highest BCUT2D eigenvalue weighted by molar-refractivity contribution is 6.00. The van der Waals surface area contributed by atoms with Gasteiger partial charge in [0.05, 0.1) is 20.8 Å². The van der Waals surface area contributed by atoms with Gasteiger partial charge >= 0.3 is 5.97 Å². The lowest BCUT2D eigenvalue weighted by molar-refractivity contribution is -0.143. The lowest BCUT2D eigenvalue weighted by Crippen LogP contribution is -2.58. The molecule has 0 bridgehead atoms. The minimum absolute atomic E-state index is 0.0951. The van der Waals surface area contributed by atoms with E-state index in [-0.39, 0.29) is 25.6 Å². The molecule has 2 saturated heterocycles. The smallest absolute Gasteiger partial charge is 0.328 e. The maximum absolute atomic E-state index is 13.3. The first-order valence-electron chi connectivity index (χ1n) is 10.7. The van der Waals surface area contributed by atoms with Gasteiger partial charge in [-0.1, -0.05) is 24.3 Å². The van der Waals surface area contributed by atoms with Gasteiger partial charge < -0.3 is 24.2 Å². The third-order valence-corrected chi connectivity index (χ3v) is 6.26. The number of amides is 2. The summed E-state index contributed by atoms with van der Waals surface area (Å²) in [6.45, 7) is 0.470. The van der Waals surface area contributed by atoms with Gasteiger partial charge in [0.2, 0.25) is 0 Å². The number of methoxy groups -OCH3 is 2. The lowest BCUT2D eigenvalue weighted by Gasteiger charge is -2.44. The Hall–Kier alpha value is -3.59. The van der Waals surface area contributed by atoms with Crippen molar-refractivity contribution in [3.63, 3.8) is 0 Å². The van der Waals surface area contributed by atoms with E-state index in [9.17, 15) is 19.5 Å². The standard InChI is InChI=1S/C24H26N2O7/c1-31-18-9-6-10-19(32-2)20(18)22(28)25-13-11-24(12-14-25)26(17(15-33-24)23(29)30)21(27)16-7-4-3-5-8-16/h3-10,17H,11-15H2,1-2H3,(H,29,30). The molecule has 2 aliphatic rings. The number of benzene rings is 2. The molecule has 1 N–H and O–H groups in total. The molecule has 2 heterocycles. The number of hydrogen-bond donors (Lipinski definition) is 1. The fourth-order valence-corrected chi connectivity index (χ4v) is 4.55. The molecule has 2 aromatic rings. The molecule has 2 fully saturated rings. The van der Waals surface area contributed by atoms with Gasteiger partial charge in [-0.25, -0.2) is 4.79 Å². The van der Waals surface area contributed by atoms with Gasteiger partial charge in [0.25, 0.3) is 11.8 Å². The summed E-state index contributed by atoms with van der Waals surface area (Å²) in [5, 5.41) is 9.73. The van der Waals surface area contributed by atoms with Gasteiger partial charge in [0.1, 0.15) is 22.8 Å². The summed E-state index contributed by atoms with van der Waals surface area (Å²) in [7, 11) is 2.98. The molecule has 9 nitrogen and oxygen atoms in total. The zero-order valence-electron chi connectivity index (χ0n) is 18.5. The van der Waals surface area contributed by atoms with Crippen LogP contribution in [0.15, 0.2) is 48.5 Å². The number of carbonyl (C=O) groups is 3. The van der Waals surface area contributed by atoms with Crippen molar-refractivity contribution in [1.29, 1.82) is 0 Å². The van der Waals surface area contributed by atoms with Crippen LogP contribution in [-0.4, -0.2) is 78.4 Å². The molecule has 0 aliphatic carbocycles. The van der Waals surface area contributed by atoms with Crippen LogP contribution < -0.4 is 9.47 Å². The molecule has 2 aliphatic heterocycles. The Labute approximate surface area is 191 Å². The van der Waals surface area contributed by atoms with Gasteiger partial charge in [-0.15, -0.1) is 0 Å². The number of carbonyl (C=O) groups excluding carboxylic acids is 2. The van der Waals surface area contributed by atoms with Gasteiger partial charge in [-0.3, -0.25) is 14.5 Å². The second-order valence-corrected chi connectivity index (χ2v) is 7.98. The molecule has 0 aromatic heterocycles. The minimum atomic E-state index is -1.12. The SMILES string of the molecule is COc1cccc(OC)c1C(=O)N1CCC2(CC1)OCC(C(=O)O)N2C(=O)c1ccccc1. The molecular weight excluding hydrogens is 428 g/mol. The molecule has 9 heteroatoms. The molecule has 1 unspecified atom stereocenters. The van der Waals surface area contributed by atoms with Crippen LogP contribution in [-0.2, 0) is 9.53 Å². The number of carboxylic acid groups (broad SMARTS) is 1. The van der Waals surface area contributed by atoms with Crippen molar-refractivity contribution in [1.82, 2.24) is 9.80 Å². The van der Waals surface area contributed by atoms with E-state index in [0.717, 1.165) is 0 Å². The number of aliphatic carboxylic acids is 1. The number of likely N-dealkylation sites (tertiary alicyclic amines) is 1. The Morgan fingerprint density at radius 2 is 1.55 bits per heavy atom. The number of hydrogen-bond acceptors (Lipinski definition) is 6. The average molecular weight is 454 g/mol. The van der Waals surface area contributed by atoms with Crippen LogP contribution in [0, 0.1) is 0 Å². The molecule has 1 spiro atoms. The monoisotopic (exact) mass is 454 g/mol. The van der Waals surface area contributed by atoms with E-state index >= 15 is 0 Å². The first-order chi connectivity index (χ1) is 15.9. The van der Waals surface area contributed by atoms with E-state index in [0.29, 0.717) is 35.5 Å². The van der Waals surface area contributed by atoms with Crippen molar-refractivity contribution in [2.24, 2.45) is 0 Å². The van der Waals surface area contributed by atoms with Gasteiger partial charge in [-0.05, 0) is 24.3 Å². The predicted octanol–water partition coefficient (Wildman–Crippen LogP) is 2.26. The van der Waals surface area contributed by atoms with Crippen LogP contribution in [0.25, 0.3) is 0 Å². The normalized spacial score (nSPS) is 19.4. The second kappa shape index (κ2) is 9.11. The molecule has 0 saturated carbocycles. The molecular formula is C24H26N2O7.